The molecule has 0 spiro atoms. The molecule has 0 saturated heterocycles. The van der Waals surface area contributed by atoms with Crippen LogP contribution in [0, 0.1) is 0 Å². The van der Waals surface area contributed by atoms with E-state index in [-0.39, 0.29) is 0 Å². The number of nitrogens with zero attached hydrogens (tertiary/aromatic N) is 3. The maximum absolute atomic E-state index is 6.78. The molecule has 3 heterocycles. The Bertz CT molecular complexity index is 3860. The molecular weight excluding hydrogens is 827 g/mol. The Balaban J connectivity index is 0.977. The Morgan fingerprint density at radius 1 is 0.258 bits per heavy atom. The van der Waals surface area contributed by atoms with Crippen LogP contribution in [0.3, 0.4) is 0 Å². The molecule has 3 aromatic heterocycles. The molecule has 0 saturated carbocycles. The molecule has 0 aliphatic rings. The normalized spacial score (nSPS) is 11.6. The molecule has 5 nitrogen and oxygen atoms in total. The summed E-state index contributed by atoms with van der Waals surface area (Å²) in [6, 6.07) is 83.8. The number of hydrogen-bond donors (Lipinski definition) is 0. The molecule has 13 aromatic rings. The van der Waals surface area contributed by atoms with Gasteiger partial charge in [-0.1, -0.05) is 109 Å². The van der Waals surface area contributed by atoms with Crippen LogP contribution >= 0.6 is 11.3 Å². The highest BCUT2D eigenvalue weighted by Gasteiger charge is 2.24. The predicted octanol–water partition coefficient (Wildman–Crippen LogP) is 18.3. The van der Waals surface area contributed by atoms with Crippen molar-refractivity contribution < 1.29 is 8.83 Å². The number of thiophene rings is 1. The lowest BCUT2D eigenvalue weighted by Gasteiger charge is -2.30. The number of anilines is 9. The van der Waals surface area contributed by atoms with E-state index in [0.29, 0.717) is 0 Å². The summed E-state index contributed by atoms with van der Waals surface area (Å²) in [6.07, 6.45) is 0. The number of rotatable bonds is 9. The number of furan rings is 2. The minimum atomic E-state index is 0.816. The van der Waals surface area contributed by atoms with E-state index < -0.39 is 0 Å². The van der Waals surface area contributed by atoms with Gasteiger partial charge in [-0.2, -0.15) is 0 Å². The average molecular weight is 866 g/mol. The Kier molecular flexibility index (Phi) is 8.96. The molecule has 0 atom stereocenters. The van der Waals surface area contributed by atoms with Gasteiger partial charge in [0.2, 0.25) is 0 Å². The average Bonchev–Trinajstić information content (AvgIpc) is 4.06. The first-order chi connectivity index (χ1) is 32.7. The molecule has 0 fully saturated rings. The van der Waals surface area contributed by atoms with Crippen molar-refractivity contribution in [3.05, 3.63) is 237 Å². The van der Waals surface area contributed by atoms with E-state index in [1.807, 2.05) is 23.5 Å². The molecule has 312 valence electrons. The van der Waals surface area contributed by atoms with Crippen molar-refractivity contribution in [3.8, 4) is 0 Å². The van der Waals surface area contributed by atoms with Gasteiger partial charge in [0.15, 0.2) is 0 Å². The van der Waals surface area contributed by atoms with Crippen molar-refractivity contribution in [2.45, 2.75) is 0 Å². The van der Waals surface area contributed by atoms with Crippen LogP contribution in [-0.4, -0.2) is 0 Å². The molecule has 0 radical (unpaired) electrons. The van der Waals surface area contributed by atoms with E-state index in [9.17, 15) is 0 Å². The monoisotopic (exact) mass is 865 g/mol. The van der Waals surface area contributed by atoms with Crippen molar-refractivity contribution in [2.75, 3.05) is 14.7 Å². The highest BCUT2D eigenvalue weighted by atomic mass is 32.1. The summed E-state index contributed by atoms with van der Waals surface area (Å²) in [7, 11) is 0. The van der Waals surface area contributed by atoms with E-state index in [4.69, 9.17) is 8.83 Å². The van der Waals surface area contributed by atoms with Gasteiger partial charge in [0.1, 0.15) is 22.3 Å². The topological polar surface area (TPSA) is 36.0 Å². The predicted molar refractivity (Wildman–Crippen MR) is 278 cm³/mol. The minimum absolute atomic E-state index is 0.816. The number of hydrogen-bond acceptors (Lipinski definition) is 6. The lowest BCUT2D eigenvalue weighted by atomic mass is 10.1. The van der Waals surface area contributed by atoms with Crippen LogP contribution in [-0.2, 0) is 0 Å². The Hall–Kier alpha value is -8.58. The number of para-hydroxylation sites is 5. The van der Waals surface area contributed by atoms with Crippen LogP contribution in [0.1, 0.15) is 0 Å². The van der Waals surface area contributed by atoms with Gasteiger partial charge in [0.05, 0.1) is 5.69 Å². The van der Waals surface area contributed by atoms with Gasteiger partial charge >= 0.3 is 0 Å². The maximum Gasteiger partial charge on any atom is 0.137 e. The van der Waals surface area contributed by atoms with Crippen LogP contribution in [0.5, 0.6) is 0 Å². The molecule has 66 heavy (non-hydrogen) atoms. The van der Waals surface area contributed by atoms with E-state index in [0.717, 1.165) is 95.1 Å². The second-order valence-electron chi connectivity index (χ2n) is 16.5. The molecule has 10 aromatic carbocycles. The van der Waals surface area contributed by atoms with E-state index in [1.165, 1.54) is 20.2 Å². The molecule has 0 amide bonds. The Labute approximate surface area is 384 Å². The van der Waals surface area contributed by atoms with Crippen LogP contribution in [0.4, 0.5) is 51.2 Å². The third-order valence-electron chi connectivity index (χ3n) is 12.6. The summed E-state index contributed by atoms with van der Waals surface area (Å²) in [6.45, 7) is 0. The van der Waals surface area contributed by atoms with Crippen molar-refractivity contribution in [1.29, 1.82) is 0 Å². The van der Waals surface area contributed by atoms with E-state index in [1.54, 1.807) is 0 Å². The van der Waals surface area contributed by atoms with Crippen LogP contribution in [0.15, 0.2) is 245 Å². The molecule has 0 unspecified atom stereocenters. The van der Waals surface area contributed by atoms with Gasteiger partial charge in [-0.3, -0.25) is 0 Å². The summed E-state index contributed by atoms with van der Waals surface area (Å²) >= 11 is 1.83. The van der Waals surface area contributed by atoms with Crippen molar-refractivity contribution in [3.63, 3.8) is 0 Å². The fourth-order valence-electron chi connectivity index (χ4n) is 9.64. The standard InChI is InChI=1S/C60H39N3O2S/c1-5-17-40(18-6-1)61(44-30-33-55-51(35-44)48-25-13-15-27-54(48)64-55)45-31-34-56-52(36-45)49-32-29-46(38-57(49)65-56)62(41-19-7-2-8-20-41)47-37-53(60-50-26-14-16-28-58(50)66-59(60)39-47)63(42-21-9-3-10-22-42)43-23-11-4-12-24-43/h1-39H. The molecule has 0 bridgehead atoms. The lowest BCUT2D eigenvalue weighted by Crippen LogP contribution is -2.13. The quantitative estimate of drug-likeness (QED) is 0.144. The molecule has 0 N–H and O–H groups in total. The van der Waals surface area contributed by atoms with Gasteiger partial charge < -0.3 is 23.5 Å². The lowest BCUT2D eigenvalue weighted by molar-refractivity contribution is 0.668. The summed E-state index contributed by atoms with van der Waals surface area (Å²) in [5, 5.41) is 6.75. The van der Waals surface area contributed by atoms with Crippen LogP contribution in [0.2, 0.25) is 0 Å². The van der Waals surface area contributed by atoms with Gasteiger partial charge in [-0.15, -0.1) is 11.3 Å². The molecule has 13 rings (SSSR count). The van der Waals surface area contributed by atoms with E-state index in [2.05, 4.69) is 239 Å². The fraction of sp³-hybridized carbons (Fsp3) is 0. The summed E-state index contributed by atoms with van der Waals surface area (Å²) in [5.41, 5.74) is 12.9. The number of benzene rings is 10. The zero-order valence-electron chi connectivity index (χ0n) is 35.6. The molecule has 6 heteroatoms. The first-order valence-electron chi connectivity index (χ1n) is 22.2. The SMILES string of the molecule is c1ccc(N(c2ccc3c(c2)oc2ccc(N(c4ccccc4)c4ccc5oc6ccccc6c5c4)cc23)c2cc(N(c3ccccc3)c3ccccc3)c3c(c2)sc2ccccc23)cc1. The Morgan fingerprint density at radius 2 is 0.697 bits per heavy atom. The van der Waals surface area contributed by atoms with E-state index >= 15 is 0 Å². The zero-order chi connectivity index (χ0) is 43.6. The largest absolute Gasteiger partial charge is 0.456 e. The van der Waals surface area contributed by atoms with Crippen molar-refractivity contribution in [2.24, 2.45) is 0 Å². The fourth-order valence-corrected chi connectivity index (χ4v) is 10.8. The first kappa shape index (κ1) is 37.9. The highest BCUT2D eigenvalue weighted by Crippen LogP contribution is 2.50. The highest BCUT2D eigenvalue weighted by molar-refractivity contribution is 7.26. The summed E-state index contributed by atoms with van der Waals surface area (Å²) in [5.74, 6) is 0. The third-order valence-corrected chi connectivity index (χ3v) is 13.7. The minimum Gasteiger partial charge on any atom is -0.456 e. The van der Waals surface area contributed by atoms with Crippen molar-refractivity contribution in [1.82, 2.24) is 0 Å². The Morgan fingerprint density at radius 3 is 1.30 bits per heavy atom. The first-order valence-corrected chi connectivity index (χ1v) is 23.0. The zero-order valence-corrected chi connectivity index (χ0v) is 36.4. The maximum atomic E-state index is 6.78. The molecular formula is C60H39N3O2S. The van der Waals surface area contributed by atoms with Gasteiger partial charge in [-0.05, 0) is 121 Å². The van der Waals surface area contributed by atoms with Gasteiger partial charge in [0, 0.05) is 93.3 Å². The smallest absolute Gasteiger partial charge is 0.137 e. The van der Waals surface area contributed by atoms with Gasteiger partial charge in [-0.25, -0.2) is 0 Å². The third kappa shape index (κ3) is 6.38. The molecule has 0 aliphatic heterocycles. The molecule has 0 aliphatic carbocycles. The summed E-state index contributed by atoms with van der Waals surface area (Å²) in [4.78, 5) is 7.05. The van der Waals surface area contributed by atoms with Crippen LogP contribution in [0.25, 0.3) is 64.0 Å². The second kappa shape index (κ2) is 15.6. The number of fused-ring (bicyclic) bond motifs is 9. The van der Waals surface area contributed by atoms with Crippen molar-refractivity contribution >= 4 is 127 Å². The van der Waals surface area contributed by atoms with Gasteiger partial charge in [0.25, 0.3) is 0 Å². The van der Waals surface area contributed by atoms with Crippen LogP contribution < -0.4 is 14.7 Å². The second-order valence-corrected chi connectivity index (χ2v) is 17.6. The summed E-state index contributed by atoms with van der Waals surface area (Å²) < 4.78 is 15.5.